The fourth-order valence-corrected chi connectivity index (χ4v) is 2.87. The number of halogens is 1. The molecule has 2 aromatic rings. The minimum Gasteiger partial charge on any atom is -0.352 e. The molecule has 0 aliphatic carbocycles. The summed E-state index contributed by atoms with van der Waals surface area (Å²) in [4.78, 5) is 27.8. The first-order valence-corrected chi connectivity index (χ1v) is 8.35. The topological polar surface area (TPSA) is 58.4 Å². The number of rotatable bonds is 3. The average molecular weight is 347 g/mol. The Hall–Kier alpha value is -2.34. The first kappa shape index (κ1) is 16.5. The summed E-state index contributed by atoms with van der Waals surface area (Å²) < 4.78 is 1.37. The van der Waals surface area contributed by atoms with E-state index in [4.69, 9.17) is 11.6 Å². The molecule has 6 nitrogen and oxygen atoms in total. The molecule has 0 spiro atoms. The van der Waals surface area contributed by atoms with Crippen molar-refractivity contribution in [3.8, 4) is 5.69 Å². The van der Waals surface area contributed by atoms with Gasteiger partial charge in [0.1, 0.15) is 5.82 Å². The Morgan fingerprint density at radius 2 is 1.75 bits per heavy atom. The molecule has 0 unspecified atom stereocenters. The summed E-state index contributed by atoms with van der Waals surface area (Å²) in [7, 11) is 0. The van der Waals surface area contributed by atoms with E-state index in [1.54, 1.807) is 30.3 Å². The van der Waals surface area contributed by atoms with Crippen LogP contribution in [0.25, 0.3) is 5.69 Å². The Labute approximate surface area is 145 Å². The number of carbonyl (C=O) groups excluding carboxylic acids is 1. The first-order chi connectivity index (χ1) is 11.6. The maximum Gasteiger partial charge on any atom is 0.271 e. The van der Waals surface area contributed by atoms with Crippen LogP contribution in [0.3, 0.4) is 0 Å². The van der Waals surface area contributed by atoms with Crippen LogP contribution in [0.15, 0.2) is 41.2 Å². The van der Waals surface area contributed by atoms with Crippen LogP contribution in [0, 0.1) is 0 Å². The number of hydrogen-bond acceptors (Lipinski definition) is 4. The lowest BCUT2D eigenvalue weighted by Gasteiger charge is -2.35. The molecule has 24 heavy (non-hydrogen) atoms. The van der Waals surface area contributed by atoms with Gasteiger partial charge in [-0.25, -0.2) is 0 Å². The van der Waals surface area contributed by atoms with Gasteiger partial charge in [-0.1, -0.05) is 18.5 Å². The van der Waals surface area contributed by atoms with Crippen LogP contribution in [0.2, 0.25) is 5.02 Å². The van der Waals surface area contributed by atoms with E-state index in [0.29, 0.717) is 43.3 Å². The van der Waals surface area contributed by atoms with E-state index in [1.165, 1.54) is 10.7 Å². The smallest absolute Gasteiger partial charge is 0.271 e. The number of benzene rings is 1. The molecule has 1 aliphatic heterocycles. The minimum absolute atomic E-state index is 0.175. The third-order valence-corrected chi connectivity index (χ3v) is 4.37. The van der Waals surface area contributed by atoms with Gasteiger partial charge in [0.15, 0.2) is 0 Å². The van der Waals surface area contributed by atoms with Crippen molar-refractivity contribution in [1.82, 2.24) is 14.7 Å². The first-order valence-electron chi connectivity index (χ1n) is 7.97. The maximum absolute atomic E-state index is 12.1. The largest absolute Gasteiger partial charge is 0.352 e. The van der Waals surface area contributed by atoms with Crippen LogP contribution < -0.4 is 10.5 Å². The number of carbonyl (C=O) groups is 1. The van der Waals surface area contributed by atoms with Gasteiger partial charge in [-0.2, -0.15) is 4.68 Å². The fraction of sp³-hybridized carbons (Fsp3) is 0.353. The second kappa shape index (κ2) is 7.05. The summed E-state index contributed by atoms with van der Waals surface area (Å²) in [6.07, 6.45) is 0.527. The Bertz CT molecular complexity index is 780. The van der Waals surface area contributed by atoms with Crippen LogP contribution in [-0.4, -0.2) is 46.8 Å². The van der Waals surface area contributed by atoms with Crippen LogP contribution in [0.4, 0.5) is 5.82 Å². The van der Waals surface area contributed by atoms with Gasteiger partial charge in [-0.05, 0) is 30.3 Å². The molecule has 2 heterocycles. The number of aromatic nitrogens is 2. The zero-order valence-electron chi connectivity index (χ0n) is 13.5. The highest BCUT2D eigenvalue weighted by molar-refractivity contribution is 6.30. The molecule has 7 heteroatoms. The number of nitrogens with zero attached hydrogens (tertiary/aromatic N) is 4. The van der Waals surface area contributed by atoms with Crippen molar-refractivity contribution in [2.75, 3.05) is 31.1 Å². The van der Waals surface area contributed by atoms with Crippen molar-refractivity contribution in [3.63, 3.8) is 0 Å². The quantitative estimate of drug-likeness (QED) is 0.852. The lowest BCUT2D eigenvalue weighted by Crippen LogP contribution is -2.49. The van der Waals surface area contributed by atoms with E-state index in [9.17, 15) is 9.59 Å². The molecule has 0 atom stereocenters. The van der Waals surface area contributed by atoms with Crippen molar-refractivity contribution in [2.24, 2.45) is 0 Å². The SMILES string of the molecule is CCC(=O)N1CCN(c2ccc(=O)n(-c3ccc(Cl)cc3)n2)CC1. The molecule has 0 radical (unpaired) electrons. The number of anilines is 1. The van der Waals surface area contributed by atoms with E-state index in [-0.39, 0.29) is 11.5 Å². The lowest BCUT2D eigenvalue weighted by molar-refractivity contribution is -0.131. The van der Waals surface area contributed by atoms with E-state index in [1.807, 2.05) is 11.8 Å². The molecule has 0 N–H and O–H groups in total. The third kappa shape index (κ3) is 3.43. The summed E-state index contributed by atoms with van der Waals surface area (Å²) in [6.45, 7) is 4.64. The van der Waals surface area contributed by atoms with Crippen LogP contribution in [0.5, 0.6) is 0 Å². The molecule has 1 aromatic carbocycles. The molecular weight excluding hydrogens is 328 g/mol. The highest BCUT2D eigenvalue weighted by atomic mass is 35.5. The van der Waals surface area contributed by atoms with Crippen molar-refractivity contribution < 1.29 is 4.79 Å². The zero-order chi connectivity index (χ0) is 17.1. The number of amides is 1. The normalized spacial score (nSPS) is 14.8. The van der Waals surface area contributed by atoms with Crippen molar-refractivity contribution in [3.05, 3.63) is 51.8 Å². The molecule has 1 aromatic heterocycles. The lowest BCUT2D eigenvalue weighted by atomic mass is 10.3. The van der Waals surface area contributed by atoms with Gasteiger partial charge in [-0.3, -0.25) is 9.59 Å². The van der Waals surface area contributed by atoms with Crippen molar-refractivity contribution in [2.45, 2.75) is 13.3 Å². The van der Waals surface area contributed by atoms with Crippen molar-refractivity contribution >= 4 is 23.3 Å². The number of hydrogen-bond donors (Lipinski definition) is 0. The van der Waals surface area contributed by atoms with Gasteiger partial charge >= 0.3 is 0 Å². The average Bonchev–Trinajstić information content (AvgIpc) is 2.62. The van der Waals surface area contributed by atoms with E-state index < -0.39 is 0 Å². The van der Waals surface area contributed by atoms with Gasteiger partial charge in [0.25, 0.3) is 5.56 Å². The van der Waals surface area contributed by atoms with Gasteiger partial charge in [0.2, 0.25) is 5.91 Å². The van der Waals surface area contributed by atoms with Gasteiger partial charge in [0, 0.05) is 43.7 Å². The van der Waals surface area contributed by atoms with Gasteiger partial charge in [-0.15, -0.1) is 5.10 Å². The molecule has 1 amide bonds. The van der Waals surface area contributed by atoms with Crippen LogP contribution in [-0.2, 0) is 4.79 Å². The predicted molar refractivity (Wildman–Crippen MR) is 93.9 cm³/mol. The Morgan fingerprint density at radius 1 is 1.08 bits per heavy atom. The molecule has 1 fully saturated rings. The highest BCUT2D eigenvalue weighted by Gasteiger charge is 2.21. The molecule has 126 valence electrons. The fourth-order valence-electron chi connectivity index (χ4n) is 2.75. The number of piperazine rings is 1. The molecule has 1 saturated heterocycles. The summed E-state index contributed by atoms with van der Waals surface area (Å²) >= 11 is 5.89. The van der Waals surface area contributed by atoms with Crippen LogP contribution in [0.1, 0.15) is 13.3 Å². The van der Waals surface area contributed by atoms with E-state index in [0.717, 1.165) is 5.82 Å². The summed E-state index contributed by atoms with van der Waals surface area (Å²) in [6, 6.07) is 10.2. The standard InChI is InChI=1S/C17H19ClN4O2/c1-2-16(23)21-11-9-20(10-12-21)15-7-8-17(24)22(19-15)14-5-3-13(18)4-6-14/h3-8H,2,9-12H2,1H3. The van der Waals surface area contributed by atoms with Gasteiger partial charge in [0.05, 0.1) is 5.69 Å². The second-order valence-corrected chi connectivity index (χ2v) is 6.08. The Kier molecular flexibility index (Phi) is 4.85. The molecular formula is C17H19ClN4O2. The third-order valence-electron chi connectivity index (χ3n) is 4.12. The summed E-state index contributed by atoms with van der Waals surface area (Å²) in [5.41, 5.74) is 0.479. The van der Waals surface area contributed by atoms with Crippen LogP contribution >= 0.6 is 11.6 Å². The van der Waals surface area contributed by atoms with E-state index in [2.05, 4.69) is 10.00 Å². The highest BCUT2D eigenvalue weighted by Crippen LogP contribution is 2.15. The second-order valence-electron chi connectivity index (χ2n) is 5.64. The minimum atomic E-state index is -0.194. The summed E-state index contributed by atoms with van der Waals surface area (Å²) in [5, 5.41) is 5.08. The van der Waals surface area contributed by atoms with E-state index >= 15 is 0 Å². The van der Waals surface area contributed by atoms with Crippen molar-refractivity contribution in [1.29, 1.82) is 0 Å². The molecule has 1 aliphatic rings. The Balaban J connectivity index is 1.81. The Morgan fingerprint density at radius 3 is 2.38 bits per heavy atom. The summed E-state index contributed by atoms with van der Waals surface area (Å²) in [5.74, 6) is 0.905. The zero-order valence-corrected chi connectivity index (χ0v) is 14.2. The monoisotopic (exact) mass is 346 g/mol. The van der Waals surface area contributed by atoms with Gasteiger partial charge < -0.3 is 9.80 Å². The predicted octanol–water partition coefficient (Wildman–Crippen LogP) is 1.94. The molecule has 0 bridgehead atoms. The molecule has 0 saturated carbocycles. The molecule has 3 rings (SSSR count). The maximum atomic E-state index is 12.1.